The molecule has 0 spiro atoms. The number of fused-ring (bicyclic) bond motifs is 1. The van der Waals surface area contributed by atoms with Gasteiger partial charge >= 0.3 is 0 Å². The third-order valence-corrected chi connectivity index (χ3v) is 6.31. The van der Waals surface area contributed by atoms with Gasteiger partial charge in [0, 0.05) is 17.8 Å². The molecule has 0 saturated heterocycles. The van der Waals surface area contributed by atoms with E-state index >= 15 is 0 Å². The fourth-order valence-electron chi connectivity index (χ4n) is 3.64. The molecular formula is C17H25NS. The normalized spacial score (nSPS) is 20.7. The van der Waals surface area contributed by atoms with Crippen molar-refractivity contribution in [1.29, 1.82) is 0 Å². The van der Waals surface area contributed by atoms with E-state index in [2.05, 4.69) is 41.5 Å². The smallest absolute Gasteiger partial charge is 0.0281 e. The summed E-state index contributed by atoms with van der Waals surface area (Å²) in [7, 11) is 0. The lowest BCUT2D eigenvalue weighted by Crippen LogP contribution is -2.34. The van der Waals surface area contributed by atoms with Crippen molar-refractivity contribution in [3.8, 4) is 0 Å². The van der Waals surface area contributed by atoms with Crippen LogP contribution in [0.3, 0.4) is 0 Å². The molecule has 2 heteroatoms. The van der Waals surface area contributed by atoms with E-state index < -0.39 is 0 Å². The first-order valence-electron chi connectivity index (χ1n) is 7.68. The van der Waals surface area contributed by atoms with E-state index in [4.69, 9.17) is 0 Å². The molecule has 0 aromatic heterocycles. The summed E-state index contributed by atoms with van der Waals surface area (Å²) in [6.07, 6.45) is 11.8. The predicted octanol–water partition coefficient (Wildman–Crippen LogP) is 3.94. The second kappa shape index (κ2) is 5.88. The minimum atomic E-state index is 0.525. The Morgan fingerprint density at radius 1 is 1.11 bits per heavy atom. The molecule has 1 saturated carbocycles. The summed E-state index contributed by atoms with van der Waals surface area (Å²) in [6.45, 7) is 2.21. The summed E-state index contributed by atoms with van der Waals surface area (Å²) in [4.78, 5) is 0. The van der Waals surface area contributed by atoms with Crippen molar-refractivity contribution in [3.63, 3.8) is 0 Å². The van der Waals surface area contributed by atoms with Crippen molar-refractivity contribution in [2.24, 2.45) is 0 Å². The highest BCUT2D eigenvalue weighted by atomic mass is 32.2. The summed E-state index contributed by atoms with van der Waals surface area (Å²) in [5.74, 6) is 0. The van der Waals surface area contributed by atoms with Crippen molar-refractivity contribution in [2.75, 3.05) is 12.8 Å². The number of benzene rings is 1. The number of thioether (sulfide) groups is 1. The zero-order valence-corrected chi connectivity index (χ0v) is 12.8. The van der Waals surface area contributed by atoms with Crippen LogP contribution in [0.5, 0.6) is 0 Å². The van der Waals surface area contributed by atoms with Crippen LogP contribution in [0, 0.1) is 0 Å². The van der Waals surface area contributed by atoms with Gasteiger partial charge in [0.05, 0.1) is 0 Å². The standard InChI is InChI=1S/C17H25NS/c1-19-17(9-2-3-10-17)13-18-12-14-7-8-15-5-4-6-16(15)11-14/h7-8,11,18H,2-6,9-10,12-13H2,1H3. The van der Waals surface area contributed by atoms with E-state index in [0.29, 0.717) is 4.75 Å². The molecule has 0 radical (unpaired) electrons. The van der Waals surface area contributed by atoms with Gasteiger partial charge in [-0.1, -0.05) is 31.0 Å². The minimum absolute atomic E-state index is 0.525. The Balaban J connectivity index is 1.55. The lowest BCUT2D eigenvalue weighted by atomic mass is 10.1. The molecule has 1 aromatic carbocycles. The molecule has 19 heavy (non-hydrogen) atoms. The summed E-state index contributed by atoms with van der Waals surface area (Å²) in [5.41, 5.74) is 4.65. The van der Waals surface area contributed by atoms with E-state index in [0.717, 1.165) is 6.54 Å². The van der Waals surface area contributed by atoms with Crippen molar-refractivity contribution in [3.05, 3.63) is 34.9 Å². The summed E-state index contributed by atoms with van der Waals surface area (Å²) in [6, 6.07) is 7.09. The Hall–Kier alpha value is -0.470. The molecule has 0 amide bonds. The highest BCUT2D eigenvalue weighted by Crippen LogP contribution is 2.39. The molecule has 0 heterocycles. The fraction of sp³-hybridized carbons (Fsp3) is 0.647. The fourth-order valence-corrected chi connectivity index (χ4v) is 4.59. The van der Waals surface area contributed by atoms with Gasteiger partial charge in [0.2, 0.25) is 0 Å². The summed E-state index contributed by atoms with van der Waals surface area (Å²) >= 11 is 2.07. The maximum absolute atomic E-state index is 3.71. The highest BCUT2D eigenvalue weighted by molar-refractivity contribution is 8.00. The largest absolute Gasteiger partial charge is 0.311 e. The molecule has 104 valence electrons. The second-order valence-corrected chi connectivity index (χ2v) is 7.43. The maximum Gasteiger partial charge on any atom is 0.0281 e. The maximum atomic E-state index is 3.71. The number of rotatable bonds is 5. The van der Waals surface area contributed by atoms with Gasteiger partial charge in [-0.05, 0) is 55.1 Å². The molecule has 2 aliphatic carbocycles. The van der Waals surface area contributed by atoms with Gasteiger partial charge in [-0.25, -0.2) is 0 Å². The monoisotopic (exact) mass is 275 g/mol. The van der Waals surface area contributed by atoms with Gasteiger partial charge in [0.15, 0.2) is 0 Å². The number of hydrogen-bond acceptors (Lipinski definition) is 2. The van der Waals surface area contributed by atoms with Crippen molar-refractivity contribution in [1.82, 2.24) is 5.32 Å². The van der Waals surface area contributed by atoms with Crippen LogP contribution >= 0.6 is 11.8 Å². The Kier molecular flexibility index (Phi) is 4.18. The molecule has 1 aromatic rings. The predicted molar refractivity (Wildman–Crippen MR) is 84.9 cm³/mol. The number of aryl methyl sites for hydroxylation is 2. The average molecular weight is 275 g/mol. The van der Waals surface area contributed by atoms with Crippen LogP contribution in [0.4, 0.5) is 0 Å². The lowest BCUT2D eigenvalue weighted by Gasteiger charge is -2.27. The quantitative estimate of drug-likeness (QED) is 0.873. The van der Waals surface area contributed by atoms with Gasteiger partial charge < -0.3 is 5.32 Å². The Morgan fingerprint density at radius 2 is 1.89 bits per heavy atom. The van der Waals surface area contributed by atoms with Crippen molar-refractivity contribution < 1.29 is 0 Å². The topological polar surface area (TPSA) is 12.0 Å². The van der Waals surface area contributed by atoms with Gasteiger partial charge in [-0.3, -0.25) is 0 Å². The molecule has 0 bridgehead atoms. The van der Waals surface area contributed by atoms with Crippen LogP contribution in [0.1, 0.15) is 48.8 Å². The molecule has 2 aliphatic rings. The summed E-state index contributed by atoms with van der Waals surface area (Å²) in [5, 5.41) is 3.71. The lowest BCUT2D eigenvalue weighted by molar-refractivity contribution is 0.533. The molecule has 1 nitrogen and oxygen atoms in total. The molecule has 0 atom stereocenters. The molecular weight excluding hydrogens is 250 g/mol. The number of hydrogen-bond donors (Lipinski definition) is 1. The van der Waals surface area contributed by atoms with E-state index in [-0.39, 0.29) is 0 Å². The van der Waals surface area contributed by atoms with Crippen molar-refractivity contribution >= 4 is 11.8 Å². The molecule has 3 rings (SSSR count). The third kappa shape index (κ3) is 3.00. The summed E-state index contributed by atoms with van der Waals surface area (Å²) < 4.78 is 0.525. The Labute approximate surface area is 121 Å². The van der Waals surface area contributed by atoms with Crippen LogP contribution in [0.2, 0.25) is 0 Å². The molecule has 0 unspecified atom stereocenters. The van der Waals surface area contributed by atoms with Crippen LogP contribution < -0.4 is 5.32 Å². The zero-order chi connectivity index (χ0) is 13.1. The van der Waals surface area contributed by atoms with E-state index in [9.17, 15) is 0 Å². The zero-order valence-electron chi connectivity index (χ0n) is 12.0. The molecule has 0 aliphatic heterocycles. The molecule has 1 N–H and O–H groups in total. The second-order valence-electron chi connectivity index (χ2n) is 6.15. The third-order valence-electron chi connectivity index (χ3n) is 4.89. The average Bonchev–Trinajstić information content (AvgIpc) is 3.07. The van der Waals surface area contributed by atoms with Crippen LogP contribution in [-0.4, -0.2) is 17.5 Å². The van der Waals surface area contributed by atoms with E-state index in [1.54, 1.807) is 11.1 Å². The Bertz CT molecular complexity index is 435. The van der Waals surface area contributed by atoms with Gasteiger partial charge in [0.1, 0.15) is 0 Å². The van der Waals surface area contributed by atoms with E-state index in [1.807, 2.05) is 0 Å². The molecule has 1 fully saturated rings. The highest BCUT2D eigenvalue weighted by Gasteiger charge is 2.32. The Morgan fingerprint density at radius 3 is 2.68 bits per heavy atom. The number of nitrogens with one attached hydrogen (secondary N) is 1. The first-order valence-corrected chi connectivity index (χ1v) is 8.90. The van der Waals surface area contributed by atoms with Crippen LogP contribution in [-0.2, 0) is 19.4 Å². The van der Waals surface area contributed by atoms with Crippen LogP contribution in [0.15, 0.2) is 18.2 Å². The van der Waals surface area contributed by atoms with E-state index in [1.165, 1.54) is 57.1 Å². The van der Waals surface area contributed by atoms with Crippen LogP contribution in [0.25, 0.3) is 0 Å². The first-order chi connectivity index (χ1) is 9.31. The van der Waals surface area contributed by atoms with Gasteiger partial charge in [-0.2, -0.15) is 11.8 Å². The van der Waals surface area contributed by atoms with Gasteiger partial charge in [-0.15, -0.1) is 0 Å². The first kappa shape index (κ1) is 13.5. The minimum Gasteiger partial charge on any atom is -0.311 e. The van der Waals surface area contributed by atoms with Gasteiger partial charge in [0.25, 0.3) is 0 Å². The van der Waals surface area contributed by atoms with Crippen molar-refractivity contribution in [2.45, 2.75) is 56.2 Å². The SMILES string of the molecule is CSC1(CNCc2ccc3c(c2)CCC3)CCCC1.